The standard InChI is InChI=1S/C9H9BrO2/c10-4-5-12-9-3-1-2-8(6-9)7-11/h1-3,6-7H,4-5H2. The van der Waals surface area contributed by atoms with Gasteiger partial charge in [-0.3, -0.25) is 4.79 Å². The molecule has 12 heavy (non-hydrogen) atoms. The second-order valence-corrected chi connectivity index (χ2v) is 3.02. The van der Waals surface area contributed by atoms with Crippen molar-refractivity contribution in [3.05, 3.63) is 29.8 Å². The summed E-state index contributed by atoms with van der Waals surface area (Å²) in [6, 6.07) is 7.09. The number of hydrogen-bond donors (Lipinski definition) is 0. The monoisotopic (exact) mass is 228 g/mol. The van der Waals surface area contributed by atoms with E-state index < -0.39 is 0 Å². The van der Waals surface area contributed by atoms with E-state index in [4.69, 9.17) is 4.74 Å². The van der Waals surface area contributed by atoms with Crippen LogP contribution in [-0.4, -0.2) is 18.2 Å². The Bertz CT molecular complexity index is 260. The summed E-state index contributed by atoms with van der Waals surface area (Å²) in [7, 11) is 0. The molecule has 0 aliphatic rings. The SMILES string of the molecule is O=Cc1cccc(OCCBr)c1. The third-order valence-corrected chi connectivity index (χ3v) is 1.66. The molecule has 0 unspecified atom stereocenters. The summed E-state index contributed by atoms with van der Waals surface area (Å²) >= 11 is 3.25. The van der Waals surface area contributed by atoms with Crippen LogP contribution >= 0.6 is 15.9 Å². The molecule has 1 rings (SSSR count). The van der Waals surface area contributed by atoms with Gasteiger partial charge in [0.2, 0.25) is 0 Å². The van der Waals surface area contributed by atoms with Gasteiger partial charge in [-0.15, -0.1) is 0 Å². The van der Waals surface area contributed by atoms with E-state index in [9.17, 15) is 4.79 Å². The zero-order valence-corrected chi connectivity index (χ0v) is 8.08. The molecule has 64 valence electrons. The Labute approximate surface area is 79.7 Å². The maximum atomic E-state index is 10.4. The molecule has 1 aromatic carbocycles. The second kappa shape index (κ2) is 4.93. The minimum absolute atomic E-state index is 0.613. The average Bonchev–Trinajstić information content (AvgIpc) is 2.15. The van der Waals surface area contributed by atoms with Gasteiger partial charge in [0, 0.05) is 10.9 Å². The first-order valence-electron chi connectivity index (χ1n) is 3.61. The molecule has 0 fully saturated rings. The third-order valence-electron chi connectivity index (χ3n) is 1.34. The van der Waals surface area contributed by atoms with Gasteiger partial charge in [0.05, 0.1) is 6.61 Å². The Hall–Kier alpha value is -0.830. The summed E-state index contributed by atoms with van der Waals surface area (Å²) < 4.78 is 5.29. The average molecular weight is 229 g/mol. The highest BCUT2D eigenvalue weighted by Gasteiger charge is 1.93. The molecule has 0 saturated carbocycles. The number of benzene rings is 1. The van der Waals surface area contributed by atoms with Gasteiger partial charge >= 0.3 is 0 Å². The number of hydrogen-bond acceptors (Lipinski definition) is 2. The van der Waals surface area contributed by atoms with E-state index in [1.165, 1.54) is 0 Å². The van der Waals surface area contributed by atoms with Crippen LogP contribution in [0, 0.1) is 0 Å². The zero-order chi connectivity index (χ0) is 8.81. The summed E-state index contributed by atoms with van der Waals surface area (Å²) in [5.74, 6) is 0.735. The number of ether oxygens (including phenoxy) is 1. The minimum Gasteiger partial charge on any atom is -0.493 e. The Morgan fingerprint density at radius 2 is 2.33 bits per heavy atom. The lowest BCUT2D eigenvalue weighted by atomic mass is 10.2. The van der Waals surface area contributed by atoms with Crippen LogP contribution in [0.4, 0.5) is 0 Å². The highest BCUT2D eigenvalue weighted by atomic mass is 79.9. The van der Waals surface area contributed by atoms with E-state index in [0.29, 0.717) is 12.2 Å². The van der Waals surface area contributed by atoms with Crippen molar-refractivity contribution >= 4 is 22.2 Å². The fourth-order valence-corrected chi connectivity index (χ4v) is 0.996. The highest BCUT2D eigenvalue weighted by molar-refractivity contribution is 9.09. The molecule has 3 heteroatoms. The molecule has 0 radical (unpaired) electrons. The van der Waals surface area contributed by atoms with Crippen molar-refractivity contribution in [3.63, 3.8) is 0 Å². The van der Waals surface area contributed by atoms with Crippen molar-refractivity contribution in [3.8, 4) is 5.75 Å². The lowest BCUT2D eigenvalue weighted by Crippen LogP contribution is -1.97. The van der Waals surface area contributed by atoms with Gasteiger partial charge < -0.3 is 4.74 Å². The summed E-state index contributed by atoms with van der Waals surface area (Å²) in [5.41, 5.74) is 0.641. The quantitative estimate of drug-likeness (QED) is 0.584. The van der Waals surface area contributed by atoms with E-state index in [1.54, 1.807) is 18.2 Å². The van der Waals surface area contributed by atoms with E-state index in [2.05, 4.69) is 15.9 Å². The summed E-state index contributed by atoms with van der Waals surface area (Å²) in [6.45, 7) is 0.613. The fourth-order valence-electron chi connectivity index (χ4n) is 0.834. The highest BCUT2D eigenvalue weighted by Crippen LogP contribution is 2.11. The molecule has 0 heterocycles. The van der Waals surface area contributed by atoms with Crippen molar-refractivity contribution in [2.24, 2.45) is 0 Å². The lowest BCUT2D eigenvalue weighted by molar-refractivity contribution is 0.112. The molecule has 0 amide bonds. The second-order valence-electron chi connectivity index (χ2n) is 2.23. The number of alkyl halides is 1. The van der Waals surface area contributed by atoms with Crippen LogP contribution in [0.2, 0.25) is 0 Å². The van der Waals surface area contributed by atoms with Crippen LogP contribution in [0.5, 0.6) is 5.75 Å². The topological polar surface area (TPSA) is 26.3 Å². The minimum atomic E-state index is 0.613. The van der Waals surface area contributed by atoms with Gasteiger partial charge in [0.25, 0.3) is 0 Å². The maximum Gasteiger partial charge on any atom is 0.150 e. The van der Waals surface area contributed by atoms with Crippen LogP contribution in [0.25, 0.3) is 0 Å². The van der Waals surface area contributed by atoms with Crippen molar-refractivity contribution < 1.29 is 9.53 Å². The first kappa shape index (κ1) is 9.26. The fraction of sp³-hybridized carbons (Fsp3) is 0.222. The van der Waals surface area contributed by atoms with Crippen molar-refractivity contribution in [2.45, 2.75) is 0 Å². The number of carbonyl (C=O) groups is 1. The van der Waals surface area contributed by atoms with Crippen LogP contribution in [-0.2, 0) is 0 Å². The maximum absolute atomic E-state index is 10.4. The Morgan fingerprint density at radius 3 is 3.00 bits per heavy atom. The first-order valence-corrected chi connectivity index (χ1v) is 4.73. The molecular formula is C9H9BrO2. The van der Waals surface area contributed by atoms with Crippen molar-refractivity contribution in [1.29, 1.82) is 0 Å². The predicted octanol–water partition coefficient (Wildman–Crippen LogP) is 2.27. The van der Waals surface area contributed by atoms with Gasteiger partial charge in [-0.2, -0.15) is 0 Å². The molecule has 0 atom stereocenters. The van der Waals surface area contributed by atoms with Crippen LogP contribution in [0.1, 0.15) is 10.4 Å². The van der Waals surface area contributed by atoms with E-state index >= 15 is 0 Å². The largest absolute Gasteiger partial charge is 0.493 e. The van der Waals surface area contributed by atoms with E-state index in [1.807, 2.05) is 6.07 Å². The van der Waals surface area contributed by atoms with Gasteiger partial charge in [0.1, 0.15) is 12.0 Å². The number of aldehydes is 1. The Kier molecular flexibility index (Phi) is 3.80. The normalized spacial score (nSPS) is 9.42. The Balaban J connectivity index is 2.66. The van der Waals surface area contributed by atoms with Gasteiger partial charge in [-0.05, 0) is 12.1 Å². The van der Waals surface area contributed by atoms with Crippen molar-refractivity contribution in [2.75, 3.05) is 11.9 Å². The molecular weight excluding hydrogens is 220 g/mol. The van der Waals surface area contributed by atoms with Crippen LogP contribution in [0.15, 0.2) is 24.3 Å². The molecule has 0 aliphatic heterocycles. The molecule has 0 saturated heterocycles. The van der Waals surface area contributed by atoms with Crippen molar-refractivity contribution in [1.82, 2.24) is 0 Å². The van der Waals surface area contributed by atoms with Gasteiger partial charge in [0.15, 0.2) is 0 Å². The van der Waals surface area contributed by atoms with E-state index in [0.717, 1.165) is 17.4 Å². The number of rotatable bonds is 4. The molecule has 0 N–H and O–H groups in total. The predicted molar refractivity (Wildman–Crippen MR) is 51.1 cm³/mol. The summed E-state index contributed by atoms with van der Waals surface area (Å²) in [4.78, 5) is 10.4. The molecule has 0 spiro atoms. The third kappa shape index (κ3) is 2.66. The summed E-state index contributed by atoms with van der Waals surface area (Å²) in [6.07, 6.45) is 0.807. The van der Waals surface area contributed by atoms with Crippen LogP contribution < -0.4 is 4.74 Å². The number of carbonyl (C=O) groups excluding carboxylic acids is 1. The molecule has 0 bridgehead atoms. The molecule has 2 nitrogen and oxygen atoms in total. The van der Waals surface area contributed by atoms with Gasteiger partial charge in [-0.1, -0.05) is 28.1 Å². The number of halogens is 1. The smallest absolute Gasteiger partial charge is 0.150 e. The van der Waals surface area contributed by atoms with Gasteiger partial charge in [-0.25, -0.2) is 0 Å². The Morgan fingerprint density at radius 1 is 1.50 bits per heavy atom. The molecule has 1 aromatic rings. The van der Waals surface area contributed by atoms with E-state index in [-0.39, 0.29) is 0 Å². The molecule has 0 aliphatic carbocycles. The van der Waals surface area contributed by atoms with Crippen LogP contribution in [0.3, 0.4) is 0 Å². The zero-order valence-electron chi connectivity index (χ0n) is 6.50. The first-order chi connectivity index (χ1) is 5.86. The summed E-state index contributed by atoms with van der Waals surface area (Å²) in [5, 5.41) is 0.790. The molecule has 0 aromatic heterocycles. The lowest BCUT2D eigenvalue weighted by Gasteiger charge is -2.02.